The fourth-order valence-electron chi connectivity index (χ4n) is 2.90. The van der Waals surface area contributed by atoms with Crippen LogP contribution < -0.4 is 26.7 Å². The van der Waals surface area contributed by atoms with E-state index in [2.05, 4.69) is 15.6 Å². The number of urea groups is 1. The number of hydrogen-bond donors (Lipinski definition) is 5. The zero-order valence-corrected chi connectivity index (χ0v) is 16.2. The van der Waals surface area contributed by atoms with Crippen LogP contribution in [0.5, 0.6) is 17.2 Å². The molecule has 2 aromatic carbocycles. The maximum Gasteiger partial charge on any atom is 0.319 e. The van der Waals surface area contributed by atoms with E-state index in [9.17, 15) is 19.5 Å². The number of aromatic amines is 1. The highest BCUT2D eigenvalue weighted by Gasteiger charge is 2.23. The molecular formula is C20H17ClN4O5. The number of hydrogen-bond acceptors (Lipinski definition) is 5. The van der Waals surface area contributed by atoms with E-state index in [0.717, 1.165) is 12.8 Å². The van der Waals surface area contributed by atoms with Gasteiger partial charge in [0.2, 0.25) is 0 Å². The molecule has 0 spiro atoms. The number of fused-ring (bicyclic) bond motifs is 1. The Bertz CT molecular complexity index is 1240. The van der Waals surface area contributed by atoms with Gasteiger partial charge in [0.1, 0.15) is 17.2 Å². The standard InChI is InChI=1S/C20H17ClN4O5/c21-13-5-10(3-4-14(13)25-20(29)23-9-1-2-9)30-17-8-18(27)24-15-7-16(26)12(19(22)28)6-11(15)17/h3-9,26H,1-2H2,(H2,22,28)(H,24,27)(H2,23,25,29). The topological polar surface area (TPSA) is 147 Å². The second-order valence-electron chi connectivity index (χ2n) is 6.89. The van der Waals surface area contributed by atoms with Crippen molar-refractivity contribution in [3.05, 3.63) is 57.3 Å². The summed E-state index contributed by atoms with van der Waals surface area (Å²) in [5, 5.41) is 16.0. The van der Waals surface area contributed by atoms with Gasteiger partial charge in [0.25, 0.3) is 11.5 Å². The van der Waals surface area contributed by atoms with Gasteiger partial charge in [-0.1, -0.05) is 11.6 Å². The third kappa shape index (κ3) is 4.15. The van der Waals surface area contributed by atoms with Gasteiger partial charge >= 0.3 is 6.03 Å². The van der Waals surface area contributed by atoms with E-state index in [4.69, 9.17) is 22.1 Å². The van der Waals surface area contributed by atoms with Crippen LogP contribution in [0.2, 0.25) is 5.02 Å². The summed E-state index contributed by atoms with van der Waals surface area (Å²) >= 11 is 6.24. The zero-order chi connectivity index (χ0) is 21.4. The number of benzene rings is 2. The minimum Gasteiger partial charge on any atom is -0.507 e. The van der Waals surface area contributed by atoms with Crippen molar-refractivity contribution in [2.45, 2.75) is 18.9 Å². The van der Waals surface area contributed by atoms with Crippen LogP contribution in [0.25, 0.3) is 10.9 Å². The van der Waals surface area contributed by atoms with Crippen molar-refractivity contribution in [2.24, 2.45) is 5.73 Å². The van der Waals surface area contributed by atoms with Gasteiger partial charge in [-0.3, -0.25) is 9.59 Å². The Hall–Kier alpha value is -3.72. The third-order valence-electron chi connectivity index (χ3n) is 4.52. The van der Waals surface area contributed by atoms with E-state index in [1.54, 1.807) is 12.1 Å². The van der Waals surface area contributed by atoms with Crippen LogP contribution >= 0.6 is 11.6 Å². The number of anilines is 1. The normalized spacial score (nSPS) is 13.1. The highest BCUT2D eigenvalue weighted by atomic mass is 35.5. The molecule has 0 aliphatic heterocycles. The summed E-state index contributed by atoms with van der Waals surface area (Å²) in [4.78, 5) is 37.9. The van der Waals surface area contributed by atoms with E-state index >= 15 is 0 Å². The molecule has 0 radical (unpaired) electrons. The lowest BCUT2D eigenvalue weighted by Gasteiger charge is -2.12. The summed E-state index contributed by atoms with van der Waals surface area (Å²) in [5.41, 5.74) is 5.37. The van der Waals surface area contributed by atoms with Gasteiger partial charge < -0.3 is 31.2 Å². The number of primary amides is 1. The second kappa shape index (κ2) is 7.60. The number of carbonyl (C=O) groups is 2. The first-order chi connectivity index (χ1) is 14.3. The smallest absolute Gasteiger partial charge is 0.319 e. The fraction of sp³-hybridized carbons (Fsp3) is 0.150. The largest absolute Gasteiger partial charge is 0.507 e. The first-order valence-electron chi connectivity index (χ1n) is 9.05. The second-order valence-corrected chi connectivity index (χ2v) is 7.30. The predicted octanol–water partition coefficient (Wildman–Crippen LogP) is 3.06. The molecule has 3 aromatic rings. The minimum absolute atomic E-state index is 0.112. The quantitative estimate of drug-likeness (QED) is 0.423. The Morgan fingerprint density at radius 2 is 1.97 bits per heavy atom. The number of phenols is 1. The summed E-state index contributed by atoms with van der Waals surface area (Å²) < 4.78 is 5.80. The van der Waals surface area contributed by atoms with Crippen molar-refractivity contribution < 1.29 is 19.4 Å². The Labute approximate surface area is 174 Å². The molecule has 10 heteroatoms. The van der Waals surface area contributed by atoms with Crippen molar-refractivity contribution in [3.63, 3.8) is 0 Å². The number of pyridine rings is 1. The molecule has 3 amide bonds. The van der Waals surface area contributed by atoms with Crippen molar-refractivity contribution >= 4 is 40.1 Å². The molecular weight excluding hydrogens is 412 g/mol. The highest BCUT2D eigenvalue weighted by molar-refractivity contribution is 6.33. The van der Waals surface area contributed by atoms with E-state index in [1.165, 1.54) is 24.3 Å². The average molecular weight is 429 g/mol. The molecule has 1 saturated carbocycles. The van der Waals surface area contributed by atoms with Crippen LogP contribution in [0, 0.1) is 0 Å². The maximum atomic E-state index is 12.0. The number of aromatic nitrogens is 1. The molecule has 0 bridgehead atoms. The first-order valence-corrected chi connectivity index (χ1v) is 9.43. The van der Waals surface area contributed by atoms with Crippen LogP contribution in [0.1, 0.15) is 23.2 Å². The molecule has 9 nitrogen and oxygen atoms in total. The van der Waals surface area contributed by atoms with Crippen LogP contribution in [-0.2, 0) is 0 Å². The lowest BCUT2D eigenvalue weighted by molar-refractivity contribution is 0.0998. The maximum absolute atomic E-state index is 12.0. The molecule has 1 heterocycles. The Morgan fingerprint density at radius 3 is 2.63 bits per heavy atom. The molecule has 1 fully saturated rings. The number of nitrogens with two attached hydrogens (primary N) is 1. The van der Waals surface area contributed by atoms with Crippen LogP contribution in [0.15, 0.2) is 41.2 Å². The number of nitrogens with one attached hydrogen (secondary N) is 3. The van der Waals surface area contributed by atoms with E-state index in [1.807, 2.05) is 0 Å². The molecule has 154 valence electrons. The van der Waals surface area contributed by atoms with Gasteiger partial charge in [0, 0.05) is 29.6 Å². The van der Waals surface area contributed by atoms with E-state index in [0.29, 0.717) is 16.8 Å². The van der Waals surface area contributed by atoms with Crippen molar-refractivity contribution in [2.75, 3.05) is 5.32 Å². The summed E-state index contributed by atoms with van der Waals surface area (Å²) in [6.45, 7) is 0. The molecule has 0 atom stereocenters. The minimum atomic E-state index is -0.825. The first kappa shape index (κ1) is 19.6. The molecule has 0 saturated heterocycles. The molecule has 1 aromatic heterocycles. The number of carbonyl (C=O) groups excluding carboxylic acids is 2. The van der Waals surface area contributed by atoms with Crippen molar-refractivity contribution in [1.82, 2.24) is 10.3 Å². The number of aromatic hydroxyl groups is 1. The van der Waals surface area contributed by atoms with Crippen LogP contribution in [0.4, 0.5) is 10.5 Å². The molecule has 1 aliphatic rings. The number of halogens is 1. The molecule has 6 N–H and O–H groups in total. The Balaban J connectivity index is 1.64. The van der Waals surface area contributed by atoms with Gasteiger partial charge in [-0.05, 0) is 31.0 Å². The summed E-state index contributed by atoms with van der Waals surface area (Å²) in [5.74, 6) is -0.742. The summed E-state index contributed by atoms with van der Waals surface area (Å²) in [7, 11) is 0. The number of rotatable bonds is 5. The van der Waals surface area contributed by atoms with E-state index < -0.39 is 11.5 Å². The van der Waals surface area contributed by atoms with Gasteiger partial charge in [-0.2, -0.15) is 0 Å². The lowest BCUT2D eigenvalue weighted by atomic mass is 10.1. The molecule has 30 heavy (non-hydrogen) atoms. The summed E-state index contributed by atoms with van der Waals surface area (Å²) in [6.07, 6.45) is 1.93. The fourth-order valence-corrected chi connectivity index (χ4v) is 3.12. The summed E-state index contributed by atoms with van der Waals surface area (Å²) in [6, 6.07) is 8.25. The number of ether oxygens (including phenoxy) is 1. The highest BCUT2D eigenvalue weighted by Crippen LogP contribution is 2.34. The van der Waals surface area contributed by atoms with Crippen LogP contribution in [0.3, 0.4) is 0 Å². The SMILES string of the molecule is NC(=O)c1cc2c(Oc3ccc(NC(=O)NC4CC4)c(Cl)c3)cc(=O)[nH]c2cc1O. The van der Waals surface area contributed by atoms with Crippen LogP contribution in [-0.4, -0.2) is 28.1 Å². The van der Waals surface area contributed by atoms with Gasteiger partial charge in [-0.25, -0.2) is 4.79 Å². The lowest BCUT2D eigenvalue weighted by Crippen LogP contribution is -2.30. The molecule has 1 aliphatic carbocycles. The number of amides is 3. The number of H-pyrrole nitrogens is 1. The van der Waals surface area contributed by atoms with Crippen molar-refractivity contribution in [1.29, 1.82) is 0 Å². The van der Waals surface area contributed by atoms with Crippen molar-refractivity contribution in [3.8, 4) is 17.2 Å². The predicted molar refractivity (Wildman–Crippen MR) is 111 cm³/mol. The zero-order valence-electron chi connectivity index (χ0n) is 15.5. The monoisotopic (exact) mass is 428 g/mol. The Kier molecular flexibility index (Phi) is 4.96. The van der Waals surface area contributed by atoms with E-state index in [-0.39, 0.29) is 39.7 Å². The third-order valence-corrected chi connectivity index (χ3v) is 4.83. The van der Waals surface area contributed by atoms with Gasteiger partial charge in [0.15, 0.2) is 0 Å². The molecule has 0 unspecified atom stereocenters. The van der Waals surface area contributed by atoms with Gasteiger partial charge in [-0.15, -0.1) is 0 Å². The van der Waals surface area contributed by atoms with Gasteiger partial charge in [0.05, 0.1) is 21.8 Å². The Morgan fingerprint density at radius 1 is 1.20 bits per heavy atom. The average Bonchev–Trinajstić information content (AvgIpc) is 3.47. The molecule has 4 rings (SSSR count).